The van der Waals surface area contributed by atoms with Crippen LogP contribution in [0, 0.1) is 0 Å². The van der Waals surface area contributed by atoms with Gasteiger partial charge in [-0.1, -0.05) is 176 Å². The summed E-state index contributed by atoms with van der Waals surface area (Å²) in [5, 5.41) is 2.41. The highest BCUT2D eigenvalue weighted by Crippen LogP contribution is 2.64. The quantitative estimate of drug-likeness (QED) is 0.166. The van der Waals surface area contributed by atoms with Gasteiger partial charge >= 0.3 is 0 Å². The third kappa shape index (κ3) is 5.43. The van der Waals surface area contributed by atoms with Crippen LogP contribution in [0.5, 0.6) is 0 Å². The van der Waals surface area contributed by atoms with Crippen molar-refractivity contribution in [1.29, 1.82) is 0 Å². The largest absolute Gasteiger partial charge is 0.310 e. The number of hydrogen-bond donors (Lipinski definition) is 0. The number of hydrogen-bond acceptors (Lipinski definition) is 2. The molecule has 0 N–H and O–H groups in total. The van der Waals surface area contributed by atoms with Crippen LogP contribution in [-0.2, 0) is 5.41 Å². The van der Waals surface area contributed by atoms with Crippen molar-refractivity contribution < 1.29 is 0 Å². The Kier molecular flexibility index (Phi) is 8.11. The van der Waals surface area contributed by atoms with Crippen LogP contribution in [-0.4, -0.2) is 0 Å². The minimum Gasteiger partial charge on any atom is -0.310 e. The summed E-state index contributed by atoms with van der Waals surface area (Å²) in [5.74, 6) is 0. The summed E-state index contributed by atoms with van der Waals surface area (Å²) in [4.78, 5) is 4.79. The maximum absolute atomic E-state index is 2.44. The Labute approximate surface area is 356 Å². The molecule has 1 aliphatic heterocycles. The van der Waals surface area contributed by atoms with E-state index in [0.29, 0.717) is 0 Å². The summed E-state index contributed by atoms with van der Waals surface area (Å²) in [5.41, 5.74) is 19.2. The van der Waals surface area contributed by atoms with E-state index in [1.54, 1.807) is 0 Å². The van der Waals surface area contributed by atoms with Gasteiger partial charge in [-0.3, -0.25) is 0 Å². The van der Waals surface area contributed by atoms with Crippen molar-refractivity contribution in [1.82, 2.24) is 0 Å². The van der Waals surface area contributed by atoms with Gasteiger partial charge in [-0.15, -0.1) is 0 Å². The van der Waals surface area contributed by atoms with Gasteiger partial charge in [0.15, 0.2) is 0 Å². The maximum atomic E-state index is 2.44. The van der Waals surface area contributed by atoms with E-state index in [-0.39, 0.29) is 0 Å². The van der Waals surface area contributed by atoms with Crippen LogP contribution in [0.4, 0.5) is 34.1 Å². The summed E-state index contributed by atoms with van der Waals surface area (Å²) < 4.78 is 0. The van der Waals surface area contributed by atoms with Crippen LogP contribution < -0.4 is 9.80 Å². The molecule has 1 aliphatic carbocycles. The van der Waals surface area contributed by atoms with E-state index in [0.717, 1.165) is 22.7 Å². The Morgan fingerprint density at radius 1 is 0.311 bits per heavy atom. The van der Waals surface area contributed by atoms with Gasteiger partial charge in [0.05, 0.1) is 16.8 Å². The molecule has 2 aliphatic rings. The summed E-state index contributed by atoms with van der Waals surface area (Å²) in [7, 11) is 0. The number of fused-ring (bicyclic) bond motifs is 10. The zero-order chi connectivity index (χ0) is 40.3. The van der Waals surface area contributed by atoms with Crippen LogP contribution in [0.15, 0.2) is 243 Å². The van der Waals surface area contributed by atoms with Crippen molar-refractivity contribution >= 4 is 44.9 Å². The average Bonchev–Trinajstić information content (AvgIpc) is 3.63. The summed E-state index contributed by atoms with van der Waals surface area (Å²) >= 11 is 0. The zero-order valence-corrected chi connectivity index (χ0v) is 33.5. The summed E-state index contributed by atoms with van der Waals surface area (Å²) in [6.45, 7) is 0. The lowest BCUT2D eigenvalue weighted by atomic mass is 9.64. The smallest absolute Gasteiger partial charge is 0.0754 e. The second-order valence-corrected chi connectivity index (χ2v) is 16.1. The molecule has 0 aromatic heterocycles. The molecule has 12 rings (SSSR count). The Balaban J connectivity index is 0.995. The lowest BCUT2D eigenvalue weighted by molar-refractivity contribution is 0.753. The molecule has 0 radical (unpaired) electrons. The van der Waals surface area contributed by atoms with Crippen LogP contribution in [0.25, 0.3) is 44.2 Å². The number of rotatable bonds is 6. The van der Waals surface area contributed by atoms with Gasteiger partial charge in [0.1, 0.15) is 0 Å². The monoisotopic (exact) mass is 776 g/mol. The minimum absolute atomic E-state index is 0.494. The molecule has 2 nitrogen and oxygen atoms in total. The fourth-order valence-electron chi connectivity index (χ4n) is 10.2. The van der Waals surface area contributed by atoms with Crippen molar-refractivity contribution in [2.75, 3.05) is 9.80 Å². The van der Waals surface area contributed by atoms with E-state index in [2.05, 4.69) is 252 Å². The fourth-order valence-corrected chi connectivity index (χ4v) is 10.2. The van der Waals surface area contributed by atoms with Crippen molar-refractivity contribution in [3.63, 3.8) is 0 Å². The fraction of sp³-hybridized carbons (Fsp3) is 0.0169. The van der Waals surface area contributed by atoms with E-state index in [1.165, 1.54) is 77.8 Å². The van der Waals surface area contributed by atoms with Crippen molar-refractivity contribution in [2.24, 2.45) is 0 Å². The second kappa shape index (κ2) is 14.1. The average molecular weight is 777 g/mol. The van der Waals surface area contributed by atoms with E-state index < -0.39 is 5.41 Å². The van der Waals surface area contributed by atoms with Gasteiger partial charge < -0.3 is 9.80 Å². The minimum atomic E-state index is -0.494. The summed E-state index contributed by atoms with van der Waals surface area (Å²) in [6.07, 6.45) is 0. The Hall–Kier alpha value is -7.94. The third-order valence-corrected chi connectivity index (χ3v) is 12.8. The van der Waals surface area contributed by atoms with Crippen molar-refractivity contribution in [3.05, 3.63) is 265 Å². The van der Waals surface area contributed by atoms with Crippen LogP contribution >= 0.6 is 0 Å². The number of anilines is 6. The maximum Gasteiger partial charge on any atom is 0.0754 e. The van der Waals surface area contributed by atoms with E-state index in [4.69, 9.17) is 0 Å². The number of nitrogens with zero attached hydrogens (tertiary/aromatic N) is 2. The molecule has 10 aromatic carbocycles. The third-order valence-electron chi connectivity index (χ3n) is 12.8. The molecule has 0 unspecified atom stereocenters. The van der Waals surface area contributed by atoms with Crippen LogP contribution in [0.3, 0.4) is 0 Å². The topological polar surface area (TPSA) is 6.48 Å². The number of benzene rings is 10. The normalized spacial score (nSPS) is 13.0. The van der Waals surface area contributed by atoms with Crippen LogP contribution in [0.2, 0.25) is 0 Å². The first kappa shape index (κ1) is 35.0. The summed E-state index contributed by atoms with van der Waals surface area (Å²) in [6, 6.07) is 88.9. The second-order valence-electron chi connectivity index (χ2n) is 16.1. The Morgan fingerprint density at radius 2 is 0.803 bits per heavy atom. The van der Waals surface area contributed by atoms with E-state index in [1.807, 2.05) is 0 Å². The van der Waals surface area contributed by atoms with Gasteiger partial charge in [-0.2, -0.15) is 0 Å². The highest BCUT2D eigenvalue weighted by atomic mass is 15.2. The highest BCUT2D eigenvalue weighted by Gasteiger charge is 2.52. The van der Waals surface area contributed by atoms with Crippen LogP contribution in [0.1, 0.15) is 22.3 Å². The van der Waals surface area contributed by atoms with Gasteiger partial charge in [0, 0.05) is 22.7 Å². The highest BCUT2D eigenvalue weighted by molar-refractivity contribution is 6.01. The molecular weight excluding hydrogens is 737 g/mol. The molecule has 0 atom stereocenters. The van der Waals surface area contributed by atoms with Crippen molar-refractivity contribution in [2.45, 2.75) is 5.41 Å². The van der Waals surface area contributed by atoms with Gasteiger partial charge in [-0.05, 0) is 133 Å². The van der Waals surface area contributed by atoms with Gasteiger partial charge in [0.2, 0.25) is 0 Å². The molecule has 0 saturated heterocycles. The molecule has 286 valence electrons. The molecule has 0 saturated carbocycles. The molecule has 1 heterocycles. The number of para-hydroxylation sites is 4. The molecule has 0 fully saturated rings. The molecule has 10 aromatic rings. The Bertz CT molecular complexity index is 3200. The first-order chi connectivity index (χ1) is 30.3. The first-order valence-corrected chi connectivity index (χ1v) is 21.1. The van der Waals surface area contributed by atoms with E-state index in [9.17, 15) is 0 Å². The predicted molar refractivity (Wildman–Crippen MR) is 255 cm³/mol. The predicted octanol–water partition coefficient (Wildman–Crippen LogP) is 15.8. The van der Waals surface area contributed by atoms with Crippen molar-refractivity contribution in [3.8, 4) is 33.4 Å². The van der Waals surface area contributed by atoms with Gasteiger partial charge in [-0.25, -0.2) is 0 Å². The Morgan fingerprint density at radius 3 is 1.52 bits per heavy atom. The molecule has 2 heteroatoms. The molecule has 1 spiro atoms. The zero-order valence-electron chi connectivity index (χ0n) is 33.5. The molecule has 0 amide bonds. The lowest BCUT2D eigenvalue weighted by Gasteiger charge is -2.45. The molecule has 0 bridgehead atoms. The van der Waals surface area contributed by atoms with E-state index >= 15 is 0 Å². The molecular formula is C59H40N2. The standard InChI is InChI=1S/C59H40N2/c1-4-17-41(18-5-1)42-33-36-48(37-34-42)60(46-19-6-2-7-20-46)49-38-35-43-39-45(32-31-44(43)40-49)50-24-16-28-55-58(50)51-23-10-11-25-52(51)59(55)53-26-12-14-29-56(53)61(47-21-8-3-9-22-47)57-30-15-13-27-54(57)59/h1-40H. The SMILES string of the molecule is c1ccc(-c2ccc(N(c3ccccc3)c3ccc4cc(-c5cccc6c5-c5ccccc5C65c6ccccc6N(c6ccccc6)c6ccccc65)ccc4c3)cc2)cc1. The molecule has 61 heavy (non-hydrogen) atoms. The lowest BCUT2D eigenvalue weighted by Crippen LogP contribution is -2.36. The van der Waals surface area contributed by atoms with Gasteiger partial charge in [0.25, 0.3) is 0 Å². The first-order valence-electron chi connectivity index (χ1n) is 21.1.